The number of hydrogen-bond donors (Lipinski definition) is 2. The van der Waals surface area contributed by atoms with Gasteiger partial charge in [-0.3, -0.25) is 4.68 Å². The number of rotatable bonds is 6. The highest BCUT2D eigenvalue weighted by molar-refractivity contribution is 9.10. The minimum atomic E-state index is -0.756. The Hall–Kier alpha value is -0.390. The number of aryl methyl sites for hydroxylation is 2. The van der Waals surface area contributed by atoms with Gasteiger partial charge in [0.1, 0.15) is 0 Å². The van der Waals surface area contributed by atoms with E-state index in [1.807, 2.05) is 25.5 Å². The molecule has 0 aliphatic carbocycles. The number of aromatic nitrogens is 2. The van der Waals surface area contributed by atoms with Gasteiger partial charge in [-0.2, -0.15) is 5.10 Å². The van der Waals surface area contributed by atoms with Crippen LogP contribution >= 0.6 is 15.9 Å². The average molecular weight is 319 g/mol. The average Bonchev–Trinajstić information content (AvgIpc) is 2.65. The molecule has 2 N–H and O–H groups in total. The minimum Gasteiger partial charge on any atom is -0.390 e. The van der Waals surface area contributed by atoms with Crippen LogP contribution in [0.2, 0.25) is 0 Å². The smallest absolute Gasteiger partial charge is 0.0857 e. The summed E-state index contributed by atoms with van der Waals surface area (Å²) in [5, 5.41) is 24.4. The molecule has 0 aliphatic rings. The van der Waals surface area contributed by atoms with Crippen LogP contribution in [0.3, 0.4) is 0 Å². The van der Waals surface area contributed by atoms with Gasteiger partial charge < -0.3 is 10.2 Å². The minimum absolute atomic E-state index is 0.0439. The molecule has 0 bridgehead atoms. The number of halogens is 1. The van der Waals surface area contributed by atoms with Crippen molar-refractivity contribution in [2.75, 3.05) is 0 Å². The molecule has 4 nitrogen and oxygen atoms in total. The Morgan fingerprint density at radius 2 is 1.89 bits per heavy atom. The first-order valence-corrected chi connectivity index (χ1v) is 7.31. The standard InChI is InChI=1S/C13H23BrN2O2/c1-5-9-12(14)10(16(6-2)15-9)7-11(17)13(18)8(3)4/h8,11,13,17-18H,5-7H2,1-4H3. The molecule has 0 fully saturated rings. The van der Waals surface area contributed by atoms with E-state index in [4.69, 9.17) is 0 Å². The van der Waals surface area contributed by atoms with Crippen LogP contribution in [0.5, 0.6) is 0 Å². The van der Waals surface area contributed by atoms with Crippen molar-refractivity contribution >= 4 is 15.9 Å². The maximum atomic E-state index is 10.1. The van der Waals surface area contributed by atoms with E-state index in [9.17, 15) is 10.2 Å². The van der Waals surface area contributed by atoms with Crippen LogP contribution in [-0.2, 0) is 19.4 Å². The predicted octanol–water partition coefficient (Wildman–Crippen LogP) is 2.15. The van der Waals surface area contributed by atoms with Crippen molar-refractivity contribution in [3.05, 3.63) is 15.9 Å². The summed E-state index contributed by atoms with van der Waals surface area (Å²) in [6, 6.07) is 0. The Kier molecular flexibility index (Phi) is 5.82. The van der Waals surface area contributed by atoms with E-state index in [1.165, 1.54) is 0 Å². The molecule has 18 heavy (non-hydrogen) atoms. The van der Waals surface area contributed by atoms with Gasteiger partial charge in [0.25, 0.3) is 0 Å². The molecule has 0 aromatic carbocycles. The molecule has 2 atom stereocenters. The van der Waals surface area contributed by atoms with Gasteiger partial charge in [-0.25, -0.2) is 0 Å². The molecule has 2 unspecified atom stereocenters. The van der Waals surface area contributed by atoms with E-state index in [0.717, 1.165) is 28.8 Å². The lowest BCUT2D eigenvalue weighted by atomic mass is 9.98. The van der Waals surface area contributed by atoms with Crippen LogP contribution < -0.4 is 0 Å². The second kappa shape index (κ2) is 6.68. The third-order valence-corrected chi connectivity index (χ3v) is 4.09. The van der Waals surface area contributed by atoms with Gasteiger partial charge in [0.05, 0.1) is 28.1 Å². The SMILES string of the molecule is CCc1nn(CC)c(CC(O)C(O)C(C)C)c1Br. The zero-order valence-corrected chi connectivity index (χ0v) is 13.1. The number of aliphatic hydroxyl groups excluding tert-OH is 2. The Morgan fingerprint density at radius 1 is 1.28 bits per heavy atom. The first kappa shape index (κ1) is 15.7. The zero-order chi connectivity index (χ0) is 13.9. The van der Waals surface area contributed by atoms with Crippen LogP contribution in [0, 0.1) is 5.92 Å². The Labute approximate surface area is 117 Å². The van der Waals surface area contributed by atoms with E-state index in [0.29, 0.717) is 6.42 Å². The molecule has 1 aromatic rings. The lowest BCUT2D eigenvalue weighted by molar-refractivity contribution is -0.00834. The predicted molar refractivity (Wildman–Crippen MR) is 75.5 cm³/mol. The fourth-order valence-electron chi connectivity index (χ4n) is 1.98. The van der Waals surface area contributed by atoms with Crippen LogP contribution in [0.25, 0.3) is 0 Å². The van der Waals surface area contributed by atoms with Gasteiger partial charge in [-0.1, -0.05) is 20.8 Å². The zero-order valence-electron chi connectivity index (χ0n) is 11.5. The first-order chi connectivity index (χ1) is 8.42. The molecule has 0 saturated heterocycles. The van der Waals surface area contributed by atoms with Crippen LogP contribution in [-0.4, -0.2) is 32.2 Å². The van der Waals surface area contributed by atoms with Crippen molar-refractivity contribution in [3.8, 4) is 0 Å². The maximum Gasteiger partial charge on any atom is 0.0857 e. The van der Waals surface area contributed by atoms with Crippen molar-refractivity contribution < 1.29 is 10.2 Å². The summed E-state index contributed by atoms with van der Waals surface area (Å²) >= 11 is 3.54. The molecule has 0 spiro atoms. The van der Waals surface area contributed by atoms with Gasteiger partial charge in [0.15, 0.2) is 0 Å². The fraction of sp³-hybridized carbons (Fsp3) is 0.769. The number of nitrogens with zero attached hydrogens (tertiary/aromatic N) is 2. The van der Waals surface area contributed by atoms with Crippen molar-refractivity contribution in [3.63, 3.8) is 0 Å². The monoisotopic (exact) mass is 318 g/mol. The second-order valence-electron chi connectivity index (χ2n) is 4.88. The Balaban J connectivity index is 2.92. The van der Waals surface area contributed by atoms with Crippen molar-refractivity contribution in [1.82, 2.24) is 9.78 Å². The topological polar surface area (TPSA) is 58.3 Å². The molecule has 0 radical (unpaired) electrons. The largest absolute Gasteiger partial charge is 0.390 e. The molecule has 0 saturated carbocycles. The molecule has 0 amide bonds. The lowest BCUT2D eigenvalue weighted by Crippen LogP contribution is -2.33. The van der Waals surface area contributed by atoms with Crippen molar-refractivity contribution in [1.29, 1.82) is 0 Å². The number of hydrogen-bond acceptors (Lipinski definition) is 3. The van der Waals surface area contributed by atoms with Crippen molar-refractivity contribution in [2.45, 2.75) is 59.3 Å². The van der Waals surface area contributed by atoms with Gasteiger partial charge in [0.2, 0.25) is 0 Å². The van der Waals surface area contributed by atoms with E-state index < -0.39 is 12.2 Å². The van der Waals surface area contributed by atoms with Gasteiger partial charge in [0, 0.05) is 13.0 Å². The summed E-state index contributed by atoms with van der Waals surface area (Å²) in [6.07, 6.45) is -0.195. The summed E-state index contributed by atoms with van der Waals surface area (Å²) in [5.74, 6) is 0.0439. The summed E-state index contributed by atoms with van der Waals surface area (Å²) in [4.78, 5) is 0. The molecule has 1 heterocycles. The summed E-state index contributed by atoms with van der Waals surface area (Å²) in [6.45, 7) is 8.64. The molecule has 104 valence electrons. The molecule has 0 aliphatic heterocycles. The van der Waals surface area contributed by atoms with Crippen LogP contribution in [0.4, 0.5) is 0 Å². The van der Waals surface area contributed by atoms with Crippen LogP contribution in [0.15, 0.2) is 4.47 Å². The van der Waals surface area contributed by atoms with E-state index in [1.54, 1.807) is 0 Å². The maximum absolute atomic E-state index is 10.1. The van der Waals surface area contributed by atoms with Crippen LogP contribution in [0.1, 0.15) is 39.1 Å². The third-order valence-electron chi connectivity index (χ3n) is 3.17. The second-order valence-corrected chi connectivity index (χ2v) is 5.68. The Bertz CT molecular complexity index is 391. The van der Waals surface area contributed by atoms with Gasteiger partial charge >= 0.3 is 0 Å². The van der Waals surface area contributed by atoms with Gasteiger partial charge in [-0.05, 0) is 35.2 Å². The lowest BCUT2D eigenvalue weighted by Gasteiger charge is -2.21. The summed E-state index contributed by atoms with van der Waals surface area (Å²) in [7, 11) is 0. The summed E-state index contributed by atoms with van der Waals surface area (Å²) in [5.41, 5.74) is 1.96. The highest BCUT2D eigenvalue weighted by Gasteiger charge is 2.24. The third kappa shape index (κ3) is 3.33. The Morgan fingerprint density at radius 3 is 2.33 bits per heavy atom. The summed E-state index contributed by atoms with van der Waals surface area (Å²) < 4.78 is 2.85. The normalized spacial score (nSPS) is 15.1. The fourth-order valence-corrected chi connectivity index (χ4v) is 2.70. The van der Waals surface area contributed by atoms with Crippen molar-refractivity contribution in [2.24, 2.45) is 5.92 Å². The highest BCUT2D eigenvalue weighted by Crippen LogP contribution is 2.24. The van der Waals surface area contributed by atoms with E-state index >= 15 is 0 Å². The quantitative estimate of drug-likeness (QED) is 0.845. The molecular weight excluding hydrogens is 296 g/mol. The van der Waals surface area contributed by atoms with E-state index in [-0.39, 0.29) is 5.92 Å². The molecular formula is C13H23BrN2O2. The first-order valence-electron chi connectivity index (χ1n) is 6.52. The molecule has 1 rings (SSSR count). The van der Waals surface area contributed by atoms with Gasteiger partial charge in [-0.15, -0.1) is 0 Å². The number of aliphatic hydroxyl groups is 2. The molecule has 5 heteroatoms. The molecule has 1 aromatic heterocycles. The highest BCUT2D eigenvalue weighted by atomic mass is 79.9. The van der Waals surface area contributed by atoms with E-state index in [2.05, 4.69) is 28.0 Å².